The van der Waals surface area contributed by atoms with Crippen LogP contribution in [0.3, 0.4) is 0 Å². The standard InChI is InChI=1S/C18H15ClN4O2/c1-11(12-2-4-14(19)5-3-12)21-17(24)15-10-16(22-23-18(15)25)13-6-8-20-9-7-13/h2-11H,1H3,(H,21,24)(H,23,25)/t11-/m1/s1. The number of H-pyrrole nitrogens is 1. The van der Waals surface area contributed by atoms with Crippen LogP contribution in [0.25, 0.3) is 11.3 Å². The lowest BCUT2D eigenvalue weighted by molar-refractivity contribution is 0.0938. The Hall–Kier alpha value is -2.99. The van der Waals surface area contributed by atoms with Gasteiger partial charge in [-0.1, -0.05) is 23.7 Å². The molecule has 1 atom stereocenters. The Bertz CT molecular complexity index is 939. The van der Waals surface area contributed by atoms with E-state index in [0.29, 0.717) is 10.7 Å². The van der Waals surface area contributed by atoms with E-state index < -0.39 is 11.5 Å². The molecule has 3 rings (SSSR count). The van der Waals surface area contributed by atoms with Crippen molar-refractivity contribution in [1.29, 1.82) is 0 Å². The molecular weight excluding hydrogens is 340 g/mol. The summed E-state index contributed by atoms with van der Waals surface area (Å²) >= 11 is 5.87. The summed E-state index contributed by atoms with van der Waals surface area (Å²) in [4.78, 5) is 28.4. The first kappa shape index (κ1) is 16.9. The molecule has 1 amide bonds. The monoisotopic (exact) mass is 354 g/mol. The predicted molar refractivity (Wildman–Crippen MR) is 95.4 cm³/mol. The minimum Gasteiger partial charge on any atom is -0.345 e. The zero-order valence-electron chi connectivity index (χ0n) is 13.4. The Balaban J connectivity index is 1.84. The molecule has 0 bridgehead atoms. The summed E-state index contributed by atoms with van der Waals surface area (Å²) in [7, 11) is 0. The molecule has 0 aliphatic rings. The number of hydrogen-bond donors (Lipinski definition) is 2. The van der Waals surface area contributed by atoms with Gasteiger partial charge in [-0.2, -0.15) is 5.10 Å². The first-order valence-electron chi connectivity index (χ1n) is 7.61. The highest BCUT2D eigenvalue weighted by molar-refractivity contribution is 6.30. The van der Waals surface area contributed by atoms with Gasteiger partial charge in [0.2, 0.25) is 0 Å². The summed E-state index contributed by atoms with van der Waals surface area (Å²) in [5.74, 6) is -0.471. The van der Waals surface area contributed by atoms with Crippen LogP contribution in [0, 0.1) is 0 Å². The van der Waals surface area contributed by atoms with E-state index in [1.165, 1.54) is 6.07 Å². The van der Waals surface area contributed by atoms with E-state index in [0.717, 1.165) is 11.1 Å². The number of carbonyl (C=O) groups excluding carboxylic acids is 1. The maximum absolute atomic E-state index is 12.5. The lowest BCUT2D eigenvalue weighted by atomic mass is 10.1. The Morgan fingerprint density at radius 3 is 2.52 bits per heavy atom. The van der Waals surface area contributed by atoms with Gasteiger partial charge in [0.05, 0.1) is 11.7 Å². The van der Waals surface area contributed by atoms with Crippen molar-refractivity contribution in [2.24, 2.45) is 0 Å². The van der Waals surface area contributed by atoms with Crippen molar-refractivity contribution in [1.82, 2.24) is 20.5 Å². The average Bonchev–Trinajstić information content (AvgIpc) is 2.63. The van der Waals surface area contributed by atoms with Crippen molar-refractivity contribution in [3.8, 4) is 11.3 Å². The van der Waals surface area contributed by atoms with E-state index in [2.05, 4.69) is 20.5 Å². The number of amides is 1. The van der Waals surface area contributed by atoms with Crippen LogP contribution in [0.4, 0.5) is 0 Å². The van der Waals surface area contributed by atoms with E-state index >= 15 is 0 Å². The second kappa shape index (κ2) is 7.27. The van der Waals surface area contributed by atoms with Crippen LogP contribution in [0.2, 0.25) is 5.02 Å². The third kappa shape index (κ3) is 3.92. The number of rotatable bonds is 4. The molecule has 0 unspecified atom stereocenters. The van der Waals surface area contributed by atoms with Crippen molar-refractivity contribution in [3.05, 3.63) is 81.4 Å². The van der Waals surface area contributed by atoms with E-state index in [4.69, 9.17) is 11.6 Å². The minimum absolute atomic E-state index is 0.00243. The van der Waals surface area contributed by atoms with Crippen LogP contribution in [0.5, 0.6) is 0 Å². The first-order chi connectivity index (χ1) is 12.0. The Morgan fingerprint density at radius 1 is 1.16 bits per heavy atom. The molecule has 6 nitrogen and oxygen atoms in total. The zero-order valence-corrected chi connectivity index (χ0v) is 14.1. The third-order valence-electron chi connectivity index (χ3n) is 3.74. The third-order valence-corrected chi connectivity index (χ3v) is 3.99. The fourth-order valence-electron chi connectivity index (χ4n) is 2.35. The van der Waals surface area contributed by atoms with Crippen molar-refractivity contribution in [2.45, 2.75) is 13.0 Å². The number of carbonyl (C=O) groups is 1. The number of hydrogen-bond acceptors (Lipinski definition) is 4. The SMILES string of the molecule is C[C@@H](NC(=O)c1cc(-c2ccncc2)n[nH]c1=O)c1ccc(Cl)cc1. The van der Waals surface area contributed by atoms with Gasteiger partial charge in [-0.25, -0.2) is 5.10 Å². The van der Waals surface area contributed by atoms with Crippen LogP contribution in [-0.2, 0) is 0 Å². The quantitative estimate of drug-likeness (QED) is 0.754. The van der Waals surface area contributed by atoms with Gasteiger partial charge < -0.3 is 5.32 Å². The van der Waals surface area contributed by atoms with Gasteiger partial charge in [0.25, 0.3) is 11.5 Å². The lowest BCUT2D eigenvalue weighted by Gasteiger charge is -2.14. The fourth-order valence-corrected chi connectivity index (χ4v) is 2.48. The molecular formula is C18H15ClN4O2. The molecule has 1 aromatic carbocycles. The van der Waals surface area contributed by atoms with Gasteiger partial charge in [-0.3, -0.25) is 14.6 Å². The van der Waals surface area contributed by atoms with Crippen molar-refractivity contribution in [3.63, 3.8) is 0 Å². The number of nitrogens with one attached hydrogen (secondary N) is 2. The second-order valence-corrected chi connectivity index (χ2v) is 5.92. The van der Waals surface area contributed by atoms with Gasteiger partial charge in [0, 0.05) is 23.0 Å². The second-order valence-electron chi connectivity index (χ2n) is 5.48. The van der Waals surface area contributed by atoms with E-state index in [-0.39, 0.29) is 11.6 Å². The highest BCUT2D eigenvalue weighted by Gasteiger charge is 2.16. The fraction of sp³-hybridized carbons (Fsp3) is 0.111. The number of halogens is 1. The molecule has 0 saturated heterocycles. The predicted octanol–water partition coefficient (Wildman–Crippen LogP) is 2.98. The van der Waals surface area contributed by atoms with Crippen molar-refractivity contribution >= 4 is 17.5 Å². The van der Waals surface area contributed by atoms with E-state index in [9.17, 15) is 9.59 Å². The van der Waals surface area contributed by atoms with E-state index in [1.807, 2.05) is 19.1 Å². The van der Waals surface area contributed by atoms with Crippen molar-refractivity contribution in [2.75, 3.05) is 0 Å². The molecule has 7 heteroatoms. The summed E-state index contributed by atoms with van der Waals surface area (Å²) < 4.78 is 0. The van der Waals surface area contributed by atoms with Gasteiger partial charge in [0.15, 0.2) is 0 Å². The molecule has 2 heterocycles. The summed E-state index contributed by atoms with van der Waals surface area (Å²) in [5.41, 5.74) is 1.59. The average molecular weight is 355 g/mol. The molecule has 25 heavy (non-hydrogen) atoms. The molecule has 0 spiro atoms. The van der Waals surface area contributed by atoms with Gasteiger partial charge in [0.1, 0.15) is 5.56 Å². The number of pyridine rings is 1. The molecule has 0 fully saturated rings. The lowest BCUT2D eigenvalue weighted by Crippen LogP contribution is -2.32. The smallest absolute Gasteiger partial charge is 0.277 e. The minimum atomic E-state index is -0.543. The largest absolute Gasteiger partial charge is 0.345 e. The Kier molecular flexibility index (Phi) is 4.90. The maximum atomic E-state index is 12.5. The first-order valence-corrected chi connectivity index (χ1v) is 7.99. The molecule has 0 aliphatic heterocycles. The molecule has 0 aliphatic carbocycles. The summed E-state index contributed by atoms with van der Waals surface area (Å²) in [6.07, 6.45) is 3.23. The molecule has 0 radical (unpaired) electrons. The zero-order chi connectivity index (χ0) is 17.8. The van der Waals surface area contributed by atoms with Crippen molar-refractivity contribution < 1.29 is 4.79 Å². The summed E-state index contributed by atoms with van der Waals surface area (Å²) in [5, 5.41) is 9.77. The molecule has 3 aromatic rings. The number of nitrogens with zero attached hydrogens (tertiary/aromatic N) is 2. The van der Waals surface area contributed by atoms with Crippen LogP contribution in [0.1, 0.15) is 28.9 Å². The van der Waals surface area contributed by atoms with Crippen LogP contribution in [-0.4, -0.2) is 21.1 Å². The van der Waals surface area contributed by atoms with Crippen LogP contribution in [0.15, 0.2) is 59.7 Å². The van der Waals surface area contributed by atoms with Gasteiger partial charge >= 0.3 is 0 Å². The molecule has 2 N–H and O–H groups in total. The summed E-state index contributed by atoms with van der Waals surface area (Å²) in [6, 6.07) is 11.8. The maximum Gasteiger partial charge on any atom is 0.277 e. The summed E-state index contributed by atoms with van der Waals surface area (Å²) in [6.45, 7) is 1.83. The highest BCUT2D eigenvalue weighted by Crippen LogP contribution is 2.17. The van der Waals surface area contributed by atoms with Gasteiger partial charge in [-0.05, 0) is 42.8 Å². The molecule has 2 aromatic heterocycles. The molecule has 126 valence electrons. The van der Waals surface area contributed by atoms with Gasteiger partial charge in [-0.15, -0.1) is 0 Å². The highest BCUT2D eigenvalue weighted by atomic mass is 35.5. The van der Waals surface area contributed by atoms with Crippen LogP contribution < -0.4 is 10.9 Å². The molecule has 0 saturated carbocycles. The van der Waals surface area contributed by atoms with Crippen LogP contribution >= 0.6 is 11.6 Å². The topological polar surface area (TPSA) is 87.7 Å². The number of benzene rings is 1. The number of aromatic nitrogens is 3. The van der Waals surface area contributed by atoms with E-state index in [1.54, 1.807) is 36.7 Å². The number of aromatic amines is 1. The Morgan fingerprint density at radius 2 is 1.84 bits per heavy atom. The normalized spacial score (nSPS) is 11.8. The Labute approximate surface area is 148 Å².